The van der Waals surface area contributed by atoms with Crippen molar-refractivity contribution in [3.63, 3.8) is 0 Å². The first-order valence-corrected chi connectivity index (χ1v) is 12.6. The van der Waals surface area contributed by atoms with E-state index in [-0.39, 0.29) is 0 Å². The highest BCUT2D eigenvalue weighted by Crippen LogP contribution is 2.36. The van der Waals surface area contributed by atoms with Crippen LogP contribution in [0.15, 0.2) is 121 Å². The molecule has 0 spiro atoms. The van der Waals surface area contributed by atoms with Crippen LogP contribution < -0.4 is 19.3 Å². The molecule has 0 bridgehead atoms. The van der Waals surface area contributed by atoms with Crippen LogP contribution in [0.25, 0.3) is 5.57 Å². The molecule has 0 fully saturated rings. The molecule has 3 aromatic rings. The van der Waals surface area contributed by atoms with Crippen LogP contribution in [0, 0.1) is 0 Å². The molecule has 0 saturated carbocycles. The van der Waals surface area contributed by atoms with Crippen molar-refractivity contribution in [3.8, 4) is 11.5 Å². The zero-order valence-corrected chi connectivity index (χ0v) is 21.1. The quantitative estimate of drug-likeness (QED) is 0.324. The predicted molar refractivity (Wildman–Crippen MR) is 148 cm³/mol. The molecule has 0 unspecified atom stereocenters. The van der Waals surface area contributed by atoms with Gasteiger partial charge in [0, 0.05) is 48.9 Å². The van der Waals surface area contributed by atoms with Gasteiger partial charge in [-0.15, -0.1) is 0 Å². The zero-order valence-electron chi connectivity index (χ0n) is 21.1. The van der Waals surface area contributed by atoms with Gasteiger partial charge in [0.2, 0.25) is 0 Å². The van der Waals surface area contributed by atoms with Crippen molar-refractivity contribution in [1.82, 2.24) is 0 Å². The topological polar surface area (TPSA) is 93.2 Å². The molecular formula is C32H22N2O6. The molecule has 4 amide bonds. The predicted octanol–water partition coefficient (Wildman–Crippen LogP) is 4.74. The molecule has 3 aromatic carbocycles. The third-order valence-corrected chi connectivity index (χ3v) is 6.58. The highest BCUT2D eigenvalue weighted by molar-refractivity contribution is 6.28. The van der Waals surface area contributed by atoms with Crippen LogP contribution in [-0.4, -0.2) is 29.4 Å². The first kappa shape index (κ1) is 24.8. The first-order chi connectivity index (χ1) is 19.4. The van der Waals surface area contributed by atoms with E-state index in [1.807, 2.05) is 42.5 Å². The number of nitrogens with zero attached hydrogens (tertiary/aromatic N) is 2. The van der Waals surface area contributed by atoms with Crippen molar-refractivity contribution in [2.45, 2.75) is 12.2 Å². The summed E-state index contributed by atoms with van der Waals surface area (Å²) < 4.78 is 12.9. The van der Waals surface area contributed by atoms with Gasteiger partial charge in [-0.3, -0.25) is 19.2 Å². The molecule has 0 radical (unpaired) electrons. The smallest absolute Gasteiger partial charge is 0.274 e. The summed E-state index contributed by atoms with van der Waals surface area (Å²) in [5.41, 5.74) is 2.76. The first-order valence-electron chi connectivity index (χ1n) is 12.6. The Hall–Kier alpha value is -5.50. The molecule has 0 aromatic heterocycles. The monoisotopic (exact) mass is 530 g/mol. The number of hydrogen-bond donors (Lipinski definition) is 0. The van der Waals surface area contributed by atoms with E-state index in [2.05, 4.69) is 0 Å². The van der Waals surface area contributed by atoms with E-state index in [4.69, 9.17) is 9.47 Å². The molecule has 2 aliphatic heterocycles. The van der Waals surface area contributed by atoms with Crippen LogP contribution in [0.5, 0.6) is 11.5 Å². The van der Waals surface area contributed by atoms with Crippen molar-refractivity contribution in [1.29, 1.82) is 0 Å². The minimum absolute atomic E-state index is 0.314. The summed E-state index contributed by atoms with van der Waals surface area (Å²) in [6.45, 7) is 0. The molecule has 3 aliphatic rings. The van der Waals surface area contributed by atoms with Gasteiger partial charge in [0.15, 0.2) is 0 Å². The Morgan fingerprint density at radius 3 is 1.52 bits per heavy atom. The van der Waals surface area contributed by atoms with Gasteiger partial charge in [0.1, 0.15) is 11.5 Å². The second-order valence-corrected chi connectivity index (χ2v) is 9.26. The lowest BCUT2D eigenvalue weighted by Gasteiger charge is -2.34. The van der Waals surface area contributed by atoms with Crippen LogP contribution in [0.1, 0.15) is 12.0 Å². The van der Waals surface area contributed by atoms with Crippen molar-refractivity contribution in [2.75, 3.05) is 9.80 Å². The summed E-state index contributed by atoms with van der Waals surface area (Å²) in [4.78, 5) is 51.0. The van der Waals surface area contributed by atoms with Gasteiger partial charge < -0.3 is 9.47 Å². The van der Waals surface area contributed by atoms with Crippen LogP contribution >= 0.6 is 0 Å². The number of anilines is 2. The third kappa shape index (κ3) is 4.74. The number of amides is 4. The lowest BCUT2D eigenvalue weighted by molar-refractivity contribution is -0.121. The average molecular weight is 531 g/mol. The van der Waals surface area contributed by atoms with Crippen LogP contribution in [0.3, 0.4) is 0 Å². The number of imide groups is 2. The van der Waals surface area contributed by atoms with E-state index in [0.717, 1.165) is 20.9 Å². The molecule has 1 aliphatic carbocycles. The Bertz CT molecular complexity index is 1540. The summed E-state index contributed by atoms with van der Waals surface area (Å²) >= 11 is 0. The Labute approximate surface area is 229 Å². The Morgan fingerprint density at radius 1 is 0.575 bits per heavy atom. The van der Waals surface area contributed by atoms with Crippen LogP contribution in [0.2, 0.25) is 0 Å². The summed E-state index contributed by atoms with van der Waals surface area (Å²) in [6, 6.07) is 23.2. The number of hydrogen-bond acceptors (Lipinski definition) is 6. The normalized spacial score (nSPS) is 17.6. The standard InChI is InChI=1S/C32H22N2O6/c35-28-12-13-29(36)33(28)24-8-4-10-26(20-24)39-32(18-16-23(17-19-32)22-6-2-1-3-7-22)40-27-11-5-9-25(21-27)34-30(37)14-15-31(34)38/h1-18,20-21H,19H2. The molecule has 0 N–H and O–H groups in total. The van der Waals surface area contributed by atoms with E-state index >= 15 is 0 Å². The molecule has 6 rings (SSSR count). The van der Waals surface area contributed by atoms with Gasteiger partial charge in [-0.1, -0.05) is 54.6 Å². The van der Waals surface area contributed by atoms with E-state index in [1.165, 1.54) is 24.3 Å². The van der Waals surface area contributed by atoms with E-state index < -0.39 is 29.4 Å². The molecular weight excluding hydrogens is 508 g/mol. The van der Waals surface area contributed by atoms with E-state index in [9.17, 15) is 19.2 Å². The van der Waals surface area contributed by atoms with Crippen LogP contribution in [0.4, 0.5) is 11.4 Å². The Kier molecular flexibility index (Phi) is 6.20. The second-order valence-electron chi connectivity index (χ2n) is 9.26. The van der Waals surface area contributed by atoms with Gasteiger partial charge in [0.25, 0.3) is 29.4 Å². The van der Waals surface area contributed by atoms with E-state index in [1.54, 1.807) is 54.6 Å². The minimum atomic E-state index is -1.32. The second kappa shape index (κ2) is 9.99. The lowest BCUT2D eigenvalue weighted by Crippen LogP contribution is -2.41. The van der Waals surface area contributed by atoms with Gasteiger partial charge in [-0.2, -0.15) is 0 Å². The minimum Gasteiger partial charge on any atom is -0.448 e. The summed E-state index contributed by atoms with van der Waals surface area (Å²) in [6.07, 6.45) is 10.9. The van der Waals surface area contributed by atoms with Gasteiger partial charge in [0.05, 0.1) is 11.4 Å². The number of rotatable bonds is 7. The lowest BCUT2D eigenvalue weighted by atomic mass is 9.96. The highest BCUT2D eigenvalue weighted by Gasteiger charge is 2.35. The average Bonchev–Trinajstić information content (AvgIpc) is 3.48. The van der Waals surface area contributed by atoms with Crippen molar-refractivity contribution in [3.05, 3.63) is 127 Å². The molecule has 8 heteroatoms. The van der Waals surface area contributed by atoms with Crippen molar-refractivity contribution < 1.29 is 28.7 Å². The molecule has 8 nitrogen and oxygen atoms in total. The van der Waals surface area contributed by atoms with Crippen LogP contribution in [-0.2, 0) is 19.2 Å². The molecule has 0 saturated heterocycles. The maximum Gasteiger partial charge on any atom is 0.274 e. The summed E-state index contributed by atoms with van der Waals surface area (Å²) in [5, 5.41) is 0. The molecule has 2 heterocycles. The summed E-state index contributed by atoms with van der Waals surface area (Å²) in [7, 11) is 0. The Morgan fingerprint density at radius 2 is 1.07 bits per heavy atom. The summed E-state index contributed by atoms with van der Waals surface area (Å²) in [5.74, 6) is -2.30. The fourth-order valence-corrected chi connectivity index (χ4v) is 4.70. The van der Waals surface area contributed by atoms with Crippen molar-refractivity contribution in [2.24, 2.45) is 0 Å². The zero-order chi connectivity index (χ0) is 27.7. The Balaban J connectivity index is 1.32. The molecule has 40 heavy (non-hydrogen) atoms. The van der Waals surface area contributed by atoms with Gasteiger partial charge in [-0.25, -0.2) is 9.80 Å². The van der Waals surface area contributed by atoms with Gasteiger partial charge in [-0.05, 0) is 35.4 Å². The number of ether oxygens (including phenoxy) is 2. The largest absolute Gasteiger partial charge is 0.448 e. The van der Waals surface area contributed by atoms with Crippen molar-refractivity contribution >= 4 is 40.6 Å². The molecule has 196 valence electrons. The van der Waals surface area contributed by atoms with Gasteiger partial charge >= 0.3 is 0 Å². The number of carbonyl (C=O) groups is 4. The fourth-order valence-electron chi connectivity index (χ4n) is 4.70. The number of allylic oxidation sites excluding steroid dienone is 2. The van der Waals surface area contributed by atoms with E-state index in [0.29, 0.717) is 29.3 Å². The maximum absolute atomic E-state index is 12.2. The SMILES string of the molecule is O=C1C=CC(=O)N1c1cccc(OC2(Oc3cccc(N4C(=O)C=CC4=O)c3)C=CC(c3ccccc3)=CC2)c1. The maximum atomic E-state index is 12.2. The third-order valence-electron chi connectivity index (χ3n) is 6.58. The number of benzene rings is 3. The molecule has 0 atom stereocenters. The number of carbonyl (C=O) groups excluding carboxylic acids is 4. The highest BCUT2D eigenvalue weighted by atomic mass is 16.7. The fraction of sp³-hybridized carbons (Fsp3) is 0.0625.